The van der Waals surface area contributed by atoms with Crippen molar-refractivity contribution in [1.29, 1.82) is 0 Å². The Hall–Kier alpha value is -2.73. The Morgan fingerprint density at radius 1 is 1.30 bits per heavy atom. The van der Waals surface area contributed by atoms with Crippen LogP contribution >= 0.6 is 0 Å². The number of hydrogen-bond acceptors (Lipinski definition) is 4. The molecule has 1 aromatic carbocycles. The molecular weight excluding hydrogens is 344 g/mol. The van der Waals surface area contributed by atoms with Gasteiger partial charge in [0, 0.05) is 25.2 Å². The highest BCUT2D eigenvalue weighted by atomic mass is 16.3. The Morgan fingerprint density at radius 2 is 2.04 bits per heavy atom. The molecule has 0 spiro atoms. The fraction of sp³-hybridized carbons (Fsp3) is 0.381. The number of pyridine rings is 1. The van der Waals surface area contributed by atoms with E-state index in [9.17, 15) is 19.5 Å². The molecular formula is C21H24N2O4. The molecule has 27 heavy (non-hydrogen) atoms. The van der Waals surface area contributed by atoms with E-state index in [1.807, 2.05) is 24.3 Å². The minimum absolute atomic E-state index is 0.0363. The highest BCUT2D eigenvalue weighted by molar-refractivity contribution is 6.00. The van der Waals surface area contributed by atoms with Crippen LogP contribution in [0.4, 0.5) is 0 Å². The van der Waals surface area contributed by atoms with Gasteiger partial charge in [-0.2, -0.15) is 0 Å². The van der Waals surface area contributed by atoms with Gasteiger partial charge in [-0.1, -0.05) is 24.3 Å². The molecule has 3 rings (SSSR count). The first-order valence-corrected chi connectivity index (χ1v) is 9.15. The molecule has 0 unspecified atom stereocenters. The number of amides is 1. The van der Waals surface area contributed by atoms with Gasteiger partial charge >= 0.3 is 0 Å². The summed E-state index contributed by atoms with van der Waals surface area (Å²) < 4.78 is 1.39. The van der Waals surface area contributed by atoms with E-state index < -0.39 is 17.6 Å². The second-order valence-corrected chi connectivity index (χ2v) is 7.15. The molecule has 2 aromatic rings. The molecule has 0 radical (unpaired) electrons. The molecule has 1 aromatic heterocycles. The van der Waals surface area contributed by atoms with Gasteiger partial charge in [0.05, 0.1) is 12.6 Å². The minimum Gasteiger partial charge on any atom is -0.389 e. The van der Waals surface area contributed by atoms with Crippen molar-refractivity contribution in [2.24, 2.45) is 5.92 Å². The summed E-state index contributed by atoms with van der Waals surface area (Å²) in [5.74, 6) is -0.134. The number of carbonyl (C=O) groups excluding carboxylic acids is 2. The van der Waals surface area contributed by atoms with Crippen LogP contribution in [-0.2, 0) is 6.54 Å². The van der Waals surface area contributed by atoms with Gasteiger partial charge in [0.1, 0.15) is 5.56 Å². The van der Waals surface area contributed by atoms with Gasteiger partial charge in [0.25, 0.3) is 11.5 Å². The first kappa shape index (κ1) is 19.0. The average molecular weight is 368 g/mol. The Labute approximate surface area is 157 Å². The Kier molecular flexibility index (Phi) is 5.56. The van der Waals surface area contributed by atoms with Gasteiger partial charge < -0.3 is 15.0 Å². The van der Waals surface area contributed by atoms with Crippen molar-refractivity contribution >= 4 is 11.7 Å². The zero-order valence-corrected chi connectivity index (χ0v) is 15.6. The van der Waals surface area contributed by atoms with Crippen LogP contribution in [0.5, 0.6) is 0 Å². The second kappa shape index (κ2) is 7.88. The third-order valence-corrected chi connectivity index (χ3v) is 4.84. The molecule has 142 valence electrons. The summed E-state index contributed by atoms with van der Waals surface area (Å²) in [5, 5.41) is 12.2. The van der Waals surface area contributed by atoms with Crippen LogP contribution < -0.4 is 10.9 Å². The van der Waals surface area contributed by atoms with E-state index in [2.05, 4.69) is 5.32 Å². The van der Waals surface area contributed by atoms with Crippen molar-refractivity contribution in [3.63, 3.8) is 0 Å². The smallest absolute Gasteiger partial charge is 0.263 e. The molecule has 1 heterocycles. The van der Waals surface area contributed by atoms with Crippen LogP contribution in [0.15, 0.2) is 41.3 Å². The van der Waals surface area contributed by atoms with Crippen LogP contribution in [-0.4, -0.2) is 28.4 Å². The maximum absolute atomic E-state index is 12.7. The number of aliphatic hydroxyl groups is 1. The number of nitrogens with one attached hydrogen (secondary N) is 1. The molecule has 1 amide bonds. The monoisotopic (exact) mass is 368 g/mol. The van der Waals surface area contributed by atoms with E-state index in [4.69, 9.17) is 0 Å². The summed E-state index contributed by atoms with van der Waals surface area (Å²) >= 11 is 0. The van der Waals surface area contributed by atoms with Gasteiger partial charge in [-0.15, -0.1) is 0 Å². The number of aliphatic hydroxyl groups excluding tert-OH is 1. The molecule has 0 bridgehead atoms. The lowest BCUT2D eigenvalue weighted by Gasteiger charge is -2.12. The molecule has 1 saturated carbocycles. The van der Waals surface area contributed by atoms with Gasteiger partial charge in [-0.25, -0.2) is 0 Å². The SMILES string of the molecule is CNC(=O)c1cc(C(=O)CC2CC2)cn(Cc2cccc([C@@H](C)O)c2)c1=O. The minimum atomic E-state index is -0.616. The van der Waals surface area contributed by atoms with Gasteiger partial charge in [-0.3, -0.25) is 14.4 Å². The predicted molar refractivity (Wildman–Crippen MR) is 102 cm³/mol. The zero-order chi connectivity index (χ0) is 19.6. The lowest BCUT2D eigenvalue weighted by atomic mass is 10.0. The summed E-state index contributed by atoms with van der Waals surface area (Å²) in [6, 6.07) is 8.67. The topological polar surface area (TPSA) is 88.4 Å². The molecule has 1 atom stereocenters. The number of rotatable bonds is 7. The highest BCUT2D eigenvalue weighted by Crippen LogP contribution is 2.33. The summed E-state index contributed by atoms with van der Waals surface area (Å²) in [5.41, 5.74) is 1.45. The van der Waals surface area contributed by atoms with Gasteiger partial charge in [0.15, 0.2) is 5.78 Å². The largest absolute Gasteiger partial charge is 0.389 e. The Morgan fingerprint density at radius 3 is 2.67 bits per heavy atom. The molecule has 1 fully saturated rings. The molecule has 6 heteroatoms. The number of Topliss-reactive ketones (excluding diaryl/α,β-unsaturated/α-hetero) is 1. The molecule has 1 aliphatic carbocycles. The van der Waals surface area contributed by atoms with E-state index in [0.29, 0.717) is 17.9 Å². The van der Waals surface area contributed by atoms with Crippen LogP contribution in [0.25, 0.3) is 0 Å². The maximum atomic E-state index is 12.7. The first-order valence-electron chi connectivity index (χ1n) is 9.15. The summed E-state index contributed by atoms with van der Waals surface area (Å²) in [6.07, 6.45) is 3.48. The van der Waals surface area contributed by atoms with Crippen molar-refractivity contribution in [2.75, 3.05) is 7.05 Å². The number of hydrogen-bond donors (Lipinski definition) is 2. The van der Waals surface area contributed by atoms with E-state index >= 15 is 0 Å². The van der Waals surface area contributed by atoms with Crippen molar-refractivity contribution in [3.05, 3.63) is 69.1 Å². The van der Waals surface area contributed by atoms with Crippen LogP contribution in [0.1, 0.15) is 64.1 Å². The standard InChI is InChI=1S/C21H24N2O4/c1-13(24)16-5-3-4-15(8-16)11-23-12-17(19(25)9-14-6-7-14)10-18(21(23)27)20(26)22-2/h3-5,8,10,12-14,24H,6-7,9,11H2,1-2H3,(H,22,26)/t13-/m1/s1. The van der Waals surface area contributed by atoms with Crippen LogP contribution in [0.2, 0.25) is 0 Å². The lowest BCUT2D eigenvalue weighted by Crippen LogP contribution is -2.32. The average Bonchev–Trinajstić information content (AvgIpc) is 3.46. The second-order valence-electron chi connectivity index (χ2n) is 7.15. The zero-order valence-electron chi connectivity index (χ0n) is 15.6. The molecule has 6 nitrogen and oxygen atoms in total. The van der Waals surface area contributed by atoms with Crippen LogP contribution in [0, 0.1) is 5.92 Å². The summed E-state index contributed by atoms with van der Waals surface area (Å²) in [4.78, 5) is 37.4. The number of nitrogens with zero attached hydrogens (tertiary/aromatic N) is 1. The van der Waals surface area contributed by atoms with Gasteiger partial charge in [0.2, 0.25) is 0 Å². The molecule has 1 aliphatic rings. The third kappa shape index (κ3) is 4.52. The molecule has 0 aliphatic heterocycles. The van der Waals surface area contributed by atoms with Crippen molar-refractivity contribution in [3.8, 4) is 0 Å². The van der Waals surface area contributed by atoms with Crippen molar-refractivity contribution < 1.29 is 14.7 Å². The third-order valence-electron chi connectivity index (χ3n) is 4.84. The van der Waals surface area contributed by atoms with Crippen molar-refractivity contribution in [2.45, 2.75) is 38.8 Å². The number of ketones is 1. The normalized spacial score (nSPS) is 14.6. The molecule has 2 N–H and O–H groups in total. The van der Waals surface area contributed by atoms with E-state index in [1.165, 1.54) is 23.9 Å². The Bertz CT molecular complexity index is 926. The predicted octanol–water partition coefficient (Wildman–Crippen LogP) is 2.29. The molecule has 0 saturated heterocycles. The number of aromatic nitrogens is 1. The van der Waals surface area contributed by atoms with E-state index in [1.54, 1.807) is 6.92 Å². The fourth-order valence-corrected chi connectivity index (χ4v) is 3.05. The van der Waals surface area contributed by atoms with Crippen molar-refractivity contribution in [1.82, 2.24) is 9.88 Å². The summed E-state index contributed by atoms with van der Waals surface area (Å²) in [7, 11) is 1.46. The van der Waals surface area contributed by atoms with Gasteiger partial charge in [-0.05, 0) is 42.9 Å². The number of benzene rings is 1. The van der Waals surface area contributed by atoms with E-state index in [-0.39, 0.29) is 17.9 Å². The number of carbonyl (C=O) groups is 2. The maximum Gasteiger partial charge on any atom is 0.263 e. The highest BCUT2D eigenvalue weighted by Gasteiger charge is 2.26. The fourth-order valence-electron chi connectivity index (χ4n) is 3.05. The first-order chi connectivity index (χ1) is 12.9. The Balaban J connectivity index is 1.99. The van der Waals surface area contributed by atoms with E-state index in [0.717, 1.165) is 24.0 Å². The summed E-state index contributed by atoms with van der Waals surface area (Å²) in [6.45, 7) is 1.89. The quantitative estimate of drug-likeness (QED) is 0.734. The van der Waals surface area contributed by atoms with Crippen LogP contribution in [0.3, 0.4) is 0 Å². The lowest BCUT2D eigenvalue weighted by molar-refractivity contribution is 0.0961.